The number of rotatable bonds is 5. The molecule has 0 saturated carbocycles. The van der Waals surface area contributed by atoms with E-state index in [0.717, 1.165) is 10.8 Å². The number of amides is 1. The van der Waals surface area contributed by atoms with Gasteiger partial charge < -0.3 is 15.2 Å². The molecule has 0 radical (unpaired) electrons. The molecule has 2 aromatic carbocycles. The molecule has 5 nitrogen and oxygen atoms in total. The molecule has 0 aliphatic rings. The van der Waals surface area contributed by atoms with Crippen LogP contribution >= 0.6 is 0 Å². The molecule has 23 heavy (non-hydrogen) atoms. The third-order valence-electron chi connectivity index (χ3n) is 3.45. The number of carbonyl (C=O) groups excluding carboxylic acids is 1. The van der Waals surface area contributed by atoms with E-state index in [0.29, 0.717) is 17.0 Å². The summed E-state index contributed by atoms with van der Waals surface area (Å²) in [5, 5.41) is 14.1. The van der Waals surface area contributed by atoms with Crippen LogP contribution in [0.4, 0.5) is 5.69 Å². The van der Waals surface area contributed by atoms with Crippen LogP contribution < -0.4 is 10.1 Å². The van der Waals surface area contributed by atoms with Gasteiger partial charge in [0.1, 0.15) is 5.75 Å². The van der Waals surface area contributed by atoms with Gasteiger partial charge in [0.25, 0.3) is 5.91 Å². The Bertz CT molecular complexity index is 833. The van der Waals surface area contributed by atoms with Crippen LogP contribution in [0.2, 0.25) is 0 Å². The summed E-state index contributed by atoms with van der Waals surface area (Å²) in [6.45, 7) is -0.276. The summed E-state index contributed by atoms with van der Waals surface area (Å²) in [5.41, 5.74) is 1.10. The number of hydrogen-bond acceptors (Lipinski definition) is 4. The number of hydrogen-bond donors (Lipinski definition) is 2. The van der Waals surface area contributed by atoms with Gasteiger partial charge in [-0.15, -0.1) is 0 Å². The maximum absolute atomic E-state index is 12.0. The molecule has 0 spiro atoms. The standard InChI is InChI=1S/C18H16N2O3/c21-11-15-7-8-19-10-17(15)20-18(22)12-23-16-6-5-13-3-1-2-4-14(13)9-16/h1-10,21H,11-12H2,(H,20,22). The number of benzene rings is 2. The second-order valence-corrected chi connectivity index (χ2v) is 5.04. The number of ether oxygens (including phenoxy) is 1. The van der Waals surface area contributed by atoms with Gasteiger partial charge >= 0.3 is 0 Å². The number of fused-ring (bicyclic) bond motifs is 1. The van der Waals surface area contributed by atoms with Crippen molar-refractivity contribution in [2.75, 3.05) is 11.9 Å². The van der Waals surface area contributed by atoms with Crippen molar-refractivity contribution in [1.29, 1.82) is 0 Å². The Hall–Kier alpha value is -2.92. The van der Waals surface area contributed by atoms with Gasteiger partial charge in [-0.25, -0.2) is 0 Å². The van der Waals surface area contributed by atoms with E-state index in [1.54, 1.807) is 12.3 Å². The van der Waals surface area contributed by atoms with Gasteiger partial charge in [0.05, 0.1) is 18.5 Å². The quantitative estimate of drug-likeness (QED) is 0.760. The predicted octanol–water partition coefficient (Wildman–Crippen LogP) is 2.74. The largest absolute Gasteiger partial charge is 0.484 e. The molecule has 3 rings (SSSR count). The maximum atomic E-state index is 12.0. The highest BCUT2D eigenvalue weighted by atomic mass is 16.5. The lowest BCUT2D eigenvalue weighted by Crippen LogP contribution is -2.21. The van der Waals surface area contributed by atoms with Crippen LogP contribution in [0.15, 0.2) is 60.9 Å². The second-order valence-electron chi connectivity index (χ2n) is 5.04. The monoisotopic (exact) mass is 308 g/mol. The molecule has 0 aliphatic carbocycles. The average Bonchev–Trinajstić information content (AvgIpc) is 2.60. The molecule has 0 aliphatic heterocycles. The van der Waals surface area contributed by atoms with Gasteiger partial charge in [0, 0.05) is 11.8 Å². The molecule has 1 amide bonds. The Kier molecular flexibility index (Phi) is 4.49. The van der Waals surface area contributed by atoms with Gasteiger partial charge in [-0.05, 0) is 29.0 Å². The number of nitrogens with one attached hydrogen (secondary N) is 1. The van der Waals surface area contributed by atoms with E-state index in [1.807, 2.05) is 42.5 Å². The topological polar surface area (TPSA) is 71.5 Å². The lowest BCUT2D eigenvalue weighted by atomic mass is 10.1. The van der Waals surface area contributed by atoms with Crippen LogP contribution in [0.5, 0.6) is 5.75 Å². The van der Waals surface area contributed by atoms with E-state index >= 15 is 0 Å². The van der Waals surface area contributed by atoms with Crippen molar-refractivity contribution in [2.45, 2.75) is 6.61 Å². The SMILES string of the molecule is O=C(COc1ccc2ccccc2c1)Nc1cnccc1CO. The van der Waals surface area contributed by atoms with Gasteiger partial charge in [-0.2, -0.15) is 0 Å². The number of pyridine rings is 1. The highest BCUT2D eigenvalue weighted by molar-refractivity contribution is 5.92. The van der Waals surface area contributed by atoms with Crippen molar-refractivity contribution >= 4 is 22.4 Å². The fourth-order valence-electron chi connectivity index (χ4n) is 2.27. The second kappa shape index (κ2) is 6.89. The van der Waals surface area contributed by atoms with Crippen LogP contribution in [0.25, 0.3) is 10.8 Å². The zero-order valence-corrected chi connectivity index (χ0v) is 12.4. The van der Waals surface area contributed by atoms with Crippen molar-refractivity contribution in [3.63, 3.8) is 0 Å². The first-order valence-electron chi connectivity index (χ1n) is 7.21. The Morgan fingerprint density at radius 2 is 1.96 bits per heavy atom. The molecule has 0 bridgehead atoms. The summed E-state index contributed by atoms with van der Waals surface area (Å²) in [6, 6.07) is 15.3. The molecule has 116 valence electrons. The first-order chi connectivity index (χ1) is 11.3. The zero-order valence-electron chi connectivity index (χ0n) is 12.4. The van der Waals surface area contributed by atoms with Gasteiger partial charge in [0.2, 0.25) is 0 Å². The van der Waals surface area contributed by atoms with Crippen LogP contribution in [-0.4, -0.2) is 22.6 Å². The van der Waals surface area contributed by atoms with Crippen molar-refractivity contribution in [1.82, 2.24) is 4.98 Å². The van der Waals surface area contributed by atoms with Gasteiger partial charge in [0.15, 0.2) is 6.61 Å². The highest BCUT2D eigenvalue weighted by Gasteiger charge is 2.07. The third-order valence-corrected chi connectivity index (χ3v) is 3.45. The van der Waals surface area contributed by atoms with E-state index in [9.17, 15) is 9.90 Å². The summed E-state index contributed by atoms with van der Waals surface area (Å²) in [4.78, 5) is 15.9. The summed E-state index contributed by atoms with van der Waals surface area (Å²) >= 11 is 0. The predicted molar refractivity (Wildman–Crippen MR) is 88.2 cm³/mol. The third kappa shape index (κ3) is 3.64. The molecule has 0 saturated heterocycles. The minimum atomic E-state index is -0.305. The summed E-state index contributed by atoms with van der Waals surface area (Å²) in [7, 11) is 0. The van der Waals surface area contributed by atoms with Crippen molar-refractivity contribution in [2.24, 2.45) is 0 Å². The Balaban J connectivity index is 1.63. The summed E-state index contributed by atoms with van der Waals surface area (Å²) in [6.07, 6.45) is 3.06. The number of carbonyl (C=O) groups is 1. The number of anilines is 1. The molecule has 0 unspecified atom stereocenters. The first kappa shape index (κ1) is 15.0. The van der Waals surface area contributed by atoms with Gasteiger partial charge in [-0.1, -0.05) is 30.3 Å². The molecule has 2 N–H and O–H groups in total. The van der Waals surface area contributed by atoms with Crippen molar-refractivity contribution in [3.05, 3.63) is 66.5 Å². The number of aliphatic hydroxyl groups excluding tert-OH is 1. The maximum Gasteiger partial charge on any atom is 0.262 e. The summed E-state index contributed by atoms with van der Waals surface area (Å²) in [5.74, 6) is 0.327. The Labute approximate surface area is 133 Å². The normalized spacial score (nSPS) is 10.5. The van der Waals surface area contributed by atoms with E-state index in [1.165, 1.54) is 6.20 Å². The Morgan fingerprint density at radius 1 is 1.13 bits per heavy atom. The van der Waals surface area contributed by atoms with Crippen molar-refractivity contribution < 1.29 is 14.6 Å². The zero-order chi connectivity index (χ0) is 16.1. The molecule has 0 fully saturated rings. The fourth-order valence-corrected chi connectivity index (χ4v) is 2.27. The van der Waals surface area contributed by atoms with Crippen LogP contribution in [-0.2, 0) is 11.4 Å². The van der Waals surface area contributed by atoms with Crippen LogP contribution in [0.3, 0.4) is 0 Å². The number of aromatic nitrogens is 1. The minimum absolute atomic E-state index is 0.113. The molecule has 1 heterocycles. The van der Waals surface area contributed by atoms with E-state index < -0.39 is 0 Å². The molecule has 0 atom stereocenters. The number of aliphatic hydroxyl groups is 1. The molecule has 3 aromatic rings. The average molecular weight is 308 g/mol. The summed E-state index contributed by atoms with van der Waals surface area (Å²) < 4.78 is 5.53. The molecule has 5 heteroatoms. The molecular weight excluding hydrogens is 292 g/mol. The van der Waals surface area contributed by atoms with E-state index in [2.05, 4.69) is 10.3 Å². The highest BCUT2D eigenvalue weighted by Crippen LogP contribution is 2.20. The lowest BCUT2D eigenvalue weighted by Gasteiger charge is -2.10. The van der Waals surface area contributed by atoms with Crippen LogP contribution in [0, 0.1) is 0 Å². The first-order valence-corrected chi connectivity index (χ1v) is 7.21. The Morgan fingerprint density at radius 3 is 2.78 bits per heavy atom. The molecular formula is C18H16N2O3. The smallest absolute Gasteiger partial charge is 0.262 e. The van der Waals surface area contributed by atoms with E-state index in [4.69, 9.17) is 4.74 Å². The van der Waals surface area contributed by atoms with Gasteiger partial charge in [-0.3, -0.25) is 9.78 Å². The minimum Gasteiger partial charge on any atom is -0.484 e. The number of nitrogens with zero attached hydrogens (tertiary/aromatic N) is 1. The van der Waals surface area contributed by atoms with Crippen molar-refractivity contribution in [3.8, 4) is 5.75 Å². The fraction of sp³-hybridized carbons (Fsp3) is 0.111. The lowest BCUT2D eigenvalue weighted by molar-refractivity contribution is -0.118. The van der Waals surface area contributed by atoms with Crippen LogP contribution in [0.1, 0.15) is 5.56 Å². The molecule has 1 aromatic heterocycles. The van der Waals surface area contributed by atoms with E-state index in [-0.39, 0.29) is 19.1 Å².